The lowest BCUT2D eigenvalue weighted by Gasteiger charge is -2.52. The number of hydrogen-bond acceptors (Lipinski definition) is 37. The molecule has 37 atom stereocenters. The second kappa shape index (κ2) is 61.3. The first-order chi connectivity index (χ1) is 62.5. The van der Waals surface area contributed by atoms with Crippen LogP contribution in [-0.2, 0) is 80.7 Å². The third-order valence-corrected chi connectivity index (χ3v) is 25.8. The second-order valence-corrected chi connectivity index (χ2v) is 36.3. The molecule has 0 bridgehead atoms. The summed E-state index contributed by atoms with van der Waals surface area (Å²) in [6.07, 6.45) is -21.5. The average molecular weight is 1880 g/mol. The molecule has 0 saturated carbocycles. The van der Waals surface area contributed by atoms with Crippen molar-refractivity contribution in [1.29, 1.82) is 0 Å². The molecule has 7 saturated heterocycles. The molecule has 0 spiro atoms. The zero-order valence-corrected chi connectivity index (χ0v) is 76.8. The van der Waals surface area contributed by atoms with Gasteiger partial charge in [0, 0.05) is 20.3 Å². The maximum atomic E-state index is 13.7. The van der Waals surface area contributed by atoms with E-state index in [1.54, 1.807) is 6.08 Å². The van der Waals surface area contributed by atoms with Gasteiger partial charge in [-0.15, -0.1) is 0 Å². The molecule has 0 aromatic carbocycles. The van der Waals surface area contributed by atoms with E-state index in [0.29, 0.717) is 12.8 Å². The molecule has 23 N–H and O–H groups in total. The first-order valence-corrected chi connectivity index (χ1v) is 48.3. The SMILES string of the molecule is CCCCCCCCCCCCC/C=C/[C@@H](O)[C@H](CO[C@@H]1OC(CO)[C@@H](O[C@@H]2OC(CO)[C@H](O)[C@H](O[C@@H]3OC(CO)[C@@H](O[C@@H]4OC(CO)[C@H](O)[C@H](O[C@@H]5OC(CO)[C@@H](O)[C@H](O[C@@H]6OC(CO)[C@H](O)[C@H](O)C6O)C5NC(C)=O)C4O)[C@H](O[C@H]4OC(C)[C@@H](O)C(O)[C@@H]4O)C3NC(C)=O)C2O)[C@H](O)C1O)NC(=O)CCCCCCCCCCCCCCCCCCCCCCCCC. The van der Waals surface area contributed by atoms with Crippen LogP contribution in [0.3, 0.4) is 0 Å². The lowest BCUT2D eigenvalue weighted by molar-refractivity contribution is -0.397. The molecule has 40 heteroatoms. The fraction of sp³-hybridized carbons (Fsp3) is 0.944. The number of aliphatic hydroxyl groups excluding tert-OH is 20. The summed E-state index contributed by atoms with van der Waals surface area (Å²) >= 11 is 0. The lowest BCUT2D eigenvalue weighted by atomic mass is 9.93. The van der Waals surface area contributed by atoms with Gasteiger partial charge in [-0.05, 0) is 26.2 Å². The summed E-state index contributed by atoms with van der Waals surface area (Å²) in [7, 11) is 0. The van der Waals surface area contributed by atoms with Gasteiger partial charge in [-0.1, -0.05) is 231 Å². The average Bonchev–Trinajstić information content (AvgIpc) is 0.735. The van der Waals surface area contributed by atoms with Gasteiger partial charge in [0.25, 0.3) is 0 Å². The summed E-state index contributed by atoms with van der Waals surface area (Å²) < 4.78 is 84.7. The molecule has 7 aliphatic rings. The highest BCUT2D eigenvalue weighted by Crippen LogP contribution is 2.40. The smallest absolute Gasteiger partial charge is 0.220 e. The molecule has 0 radical (unpaired) electrons. The van der Waals surface area contributed by atoms with E-state index in [1.165, 1.54) is 167 Å². The van der Waals surface area contributed by atoms with Crippen molar-refractivity contribution in [2.24, 2.45) is 0 Å². The Hall–Kier alpha value is -3.21. The van der Waals surface area contributed by atoms with Gasteiger partial charge in [-0.3, -0.25) is 14.4 Å². The van der Waals surface area contributed by atoms with Crippen LogP contribution in [0.4, 0.5) is 0 Å². The Bertz CT molecular complexity index is 3060. The van der Waals surface area contributed by atoms with Gasteiger partial charge in [0.1, 0.15) is 165 Å². The summed E-state index contributed by atoms with van der Waals surface area (Å²) in [5.74, 6) is -2.19. The Morgan fingerprint density at radius 3 is 1.05 bits per heavy atom. The van der Waals surface area contributed by atoms with E-state index in [4.69, 9.17) is 66.3 Å². The second-order valence-electron chi connectivity index (χ2n) is 36.3. The van der Waals surface area contributed by atoms with Crippen molar-refractivity contribution in [1.82, 2.24) is 16.0 Å². The third-order valence-electron chi connectivity index (χ3n) is 25.8. The van der Waals surface area contributed by atoms with Crippen LogP contribution < -0.4 is 16.0 Å². The van der Waals surface area contributed by atoms with Crippen molar-refractivity contribution in [2.45, 2.75) is 493 Å². The number of aliphatic hydroxyl groups is 20. The van der Waals surface area contributed by atoms with Crippen LogP contribution in [0.25, 0.3) is 0 Å². The summed E-state index contributed by atoms with van der Waals surface area (Å²) in [5.41, 5.74) is 0. The highest BCUT2D eigenvalue weighted by Gasteiger charge is 2.60. The Morgan fingerprint density at radius 2 is 0.623 bits per heavy atom. The van der Waals surface area contributed by atoms with Crippen molar-refractivity contribution in [3.05, 3.63) is 12.2 Å². The highest BCUT2D eigenvalue weighted by atomic mass is 16.8. The molecule has 14 unspecified atom stereocenters. The molecule has 40 nitrogen and oxygen atoms in total. The predicted octanol–water partition coefficient (Wildman–Crippen LogP) is -0.451. The van der Waals surface area contributed by atoms with Crippen LogP contribution in [0.15, 0.2) is 12.2 Å². The van der Waals surface area contributed by atoms with Crippen molar-refractivity contribution < 1.29 is 183 Å². The van der Waals surface area contributed by atoms with Crippen molar-refractivity contribution >= 4 is 17.7 Å². The van der Waals surface area contributed by atoms with E-state index in [-0.39, 0.29) is 12.3 Å². The first kappa shape index (κ1) is 114. The molecule has 0 aromatic rings. The summed E-state index contributed by atoms with van der Waals surface area (Å²) in [6.45, 7) is 0.913. The molecule has 7 aliphatic heterocycles. The maximum Gasteiger partial charge on any atom is 0.220 e. The van der Waals surface area contributed by atoms with E-state index in [1.807, 2.05) is 6.08 Å². The molecule has 130 heavy (non-hydrogen) atoms. The minimum Gasteiger partial charge on any atom is -0.394 e. The molecular weight excluding hydrogens is 1710 g/mol. The number of allylic oxidation sites excluding steroid dienone is 1. The van der Waals surface area contributed by atoms with Gasteiger partial charge in [0.2, 0.25) is 17.7 Å². The first-order valence-electron chi connectivity index (χ1n) is 48.3. The topological polar surface area (TPSA) is 621 Å². The number of unbranched alkanes of at least 4 members (excludes halogenated alkanes) is 33. The van der Waals surface area contributed by atoms with Crippen LogP contribution in [-0.4, -0.2) is 393 Å². The molecular formula is C90H163N3O37. The fourth-order valence-corrected chi connectivity index (χ4v) is 17.9. The van der Waals surface area contributed by atoms with Crippen LogP contribution in [0.5, 0.6) is 0 Å². The van der Waals surface area contributed by atoms with Gasteiger partial charge in [-0.2, -0.15) is 0 Å². The largest absolute Gasteiger partial charge is 0.394 e. The van der Waals surface area contributed by atoms with Crippen LogP contribution in [0.2, 0.25) is 0 Å². The number of ether oxygens (including phenoxy) is 14. The van der Waals surface area contributed by atoms with Crippen molar-refractivity contribution in [3.8, 4) is 0 Å². The van der Waals surface area contributed by atoms with Gasteiger partial charge >= 0.3 is 0 Å². The zero-order chi connectivity index (χ0) is 94.9. The number of amides is 3. The third kappa shape index (κ3) is 35.0. The quantitative estimate of drug-likeness (QED) is 0.0271. The number of carbonyl (C=O) groups is 3. The Labute approximate surface area is 764 Å². The Balaban J connectivity index is 1.02. The predicted molar refractivity (Wildman–Crippen MR) is 462 cm³/mol. The van der Waals surface area contributed by atoms with Gasteiger partial charge < -0.3 is 184 Å². The highest BCUT2D eigenvalue weighted by molar-refractivity contribution is 5.76. The lowest BCUT2D eigenvalue weighted by Crippen LogP contribution is -2.72. The molecule has 0 aromatic heterocycles. The maximum absolute atomic E-state index is 13.7. The summed E-state index contributed by atoms with van der Waals surface area (Å²) in [4.78, 5) is 40.3. The standard InChI is InChI=1S/C90H163N3O37/c1-6-8-10-12-14-16-18-20-21-22-23-24-25-26-27-28-29-31-33-35-37-39-41-43-62(103)93-54(55(102)42-40-38-36-34-32-30-19-17-15-13-11-9-7-2)50-117-86-75(114)72(111)78(60(48-98)124-86)125-89-76(115)82(68(107)58(46-96)121-89)130-85-64(92-53(5)101)81(128-87-73(112)70(109)65(104)51(3)118-87)79(61(49-99)123-85)126-90-77(116)83(69(108)59(47-97)122-90)129-84-63(91-52(4)100)80(67(106)57(45-95)119-84)127-88-74(113)71(110)66(105)56(44-94)120-88/h40,42,51,54-61,63-90,94-99,102,104-116H,6-39,41,43-50H2,1-5H3,(H,91,100)(H,92,101)(H,93,103)/b42-40+/t51?,54-,55+,56?,57?,58?,59?,60?,61?,63?,64?,65+,66-,67+,68-,69-,70?,71-,72+,73-,74?,75?,76?,77?,78+,79+,80+,81+,82-,83-,84-,85-,86+,87+,88-,89-,90-/m0/s1. The van der Waals surface area contributed by atoms with E-state index in [0.717, 1.165) is 65.2 Å². The Morgan fingerprint density at radius 1 is 0.315 bits per heavy atom. The monoisotopic (exact) mass is 1880 g/mol. The normalized spacial score (nSPS) is 37.3. The fourth-order valence-electron chi connectivity index (χ4n) is 17.9. The van der Waals surface area contributed by atoms with Crippen molar-refractivity contribution in [2.75, 3.05) is 46.2 Å². The molecule has 7 heterocycles. The summed E-state index contributed by atoms with van der Waals surface area (Å²) in [6, 6.07) is -4.88. The van der Waals surface area contributed by atoms with E-state index in [9.17, 15) is 117 Å². The van der Waals surface area contributed by atoms with E-state index in [2.05, 4.69) is 29.8 Å². The van der Waals surface area contributed by atoms with Gasteiger partial charge in [0.05, 0.1) is 64.5 Å². The number of nitrogens with one attached hydrogen (secondary N) is 3. The minimum absolute atomic E-state index is 0.153. The van der Waals surface area contributed by atoms with Crippen LogP contribution in [0, 0.1) is 0 Å². The van der Waals surface area contributed by atoms with Gasteiger partial charge in [0.15, 0.2) is 44.0 Å². The molecule has 7 fully saturated rings. The Kier molecular flexibility index (Phi) is 53.6. The zero-order valence-electron chi connectivity index (χ0n) is 76.8. The molecule has 7 rings (SSSR count). The molecule has 0 aliphatic carbocycles. The summed E-state index contributed by atoms with van der Waals surface area (Å²) in [5, 5.41) is 233. The van der Waals surface area contributed by atoms with Crippen molar-refractivity contribution in [3.63, 3.8) is 0 Å². The molecule has 3 amide bonds. The van der Waals surface area contributed by atoms with Crippen LogP contribution in [0.1, 0.15) is 266 Å². The van der Waals surface area contributed by atoms with E-state index < -0.39 is 285 Å². The van der Waals surface area contributed by atoms with Crippen LogP contribution >= 0.6 is 0 Å². The van der Waals surface area contributed by atoms with E-state index >= 15 is 0 Å². The number of rotatable bonds is 62. The number of hydrogen-bond donors (Lipinski definition) is 23. The minimum atomic E-state index is -2.37. The van der Waals surface area contributed by atoms with Gasteiger partial charge in [-0.25, -0.2) is 0 Å². The number of carbonyl (C=O) groups excluding carboxylic acids is 3. The molecule has 760 valence electrons.